The third-order valence-corrected chi connectivity index (χ3v) is 4.56. The van der Waals surface area contributed by atoms with Gasteiger partial charge in [-0.3, -0.25) is 10.1 Å². The molecule has 0 unspecified atom stereocenters. The summed E-state index contributed by atoms with van der Waals surface area (Å²) < 4.78 is 10.3. The van der Waals surface area contributed by atoms with Crippen molar-refractivity contribution in [2.45, 2.75) is 0 Å². The molecule has 30 heavy (non-hydrogen) atoms. The Balaban J connectivity index is 1.62. The number of ether oxygens (including phenoxy) is 2. The van der Waals surface area contributed by atoms with E-state index in [1.165, 1.54) is 25.3 Å². The van der Waals surface area contributed by atoms with Crippen molar-refractivity contribution in [1.82, 2.24) is 0 Å². The number of methoxy groups -OCH3 is 1. The molecule has 1 aliphatic rings. The molecule has 148 valence electrons. The topological polar surface area (TPSA) is 91.0 Å². The van der Waals surface area contributed by atoms with Crippen molar-refractivity contribution >= 4 is 23.6 Å². The summed E-state index contributed by atoms with van der Waals surface area (Å²) in [5.41, 5.74) is 3.09. The second-order valence-corrected chi connectivity index (χ2v) is 6.47. The van der Waals surface area contributed by atoms with E-state index in [4.69, 9.17) is 9.47 Å². The molecule has 0 atom stereocenters. The average Bonchev–Trinajstić information content (AvgIpc) is 3.14. The van der Waals surface area contributed by atoms with Crippen LogP contribution in [0.1, 0.15) is 11.1 Å². The number of hydrogen-bond donors (Lipinski definition) is 0. The highest BCUT2D eigenvalue weighted by molar-refractivity contribution is 6.13. The number of benzene rings is 3. The fraction of sp³-hybridized carbons (Fsp3) is 0.0435. The molecular formula is C23H16N2O5. The van der Waals surface area contributed by atoms with E-state index in [1.54, 1.807) is 6.07 Å². The van der Waals surface area contributed by atoms with E-state index in [-0.39, 0.29) is 23.0 Å². The highest BCUT2D eigenvalue weighted by Gasteiger charge is 2.24. The van der Waals surface area contributed by atoms with Crippen molar-refractivity contribution in [2.75, 3.05) is 7.11 Å². The van der Waals surface area contributed by atoms with Crippen LogP contribution in [0.3, 0.4) is 0 Å². The summed E-state index contributed by atoms with van der Waals surface area (Å²) in [5.74, 6) is -0.289. The molecule has 0 N–H and O–H groups in total. The molecule has 0 fully saturated rings. The third-order valence-electron chi connectivity index (χ3n) is 4.56. The number of carbonyl (C=O) groups excluding carboxylic acids is 1. The van der Waals surface area contributed by atoms with Crippen molar-refractivity contribution in [2.24, 2.45) is 4.99 Å². The zero-order chi connectivity index (χ0) is 21.1. The molecule has 3 aromatic rings. The standard InChI is InChI=1S/C23H16N2O5/c1-29-21-12-7-15(14-20(21)25(27)28)13-19-23(26)30-22(24-19)18-10-8-17(9-11-18)16-5-3-2-4-6-16/h2-14H,1H3/b19-13-. The van der Waals surface area contributed by atoms with E-state index in [0.717, 1.165) is 11.1 Å². The molecule has 0 aromatic heterocycles. The minimum Gasteiger partial charge on any atom is -0.490 e. The second-order valence-electron chi connectivity index (χ2n) is 6.47. The maximum absolute atomic E-state index is 12.2. The van der Waals surface area contributed by atoms with Gasteiger partial charge in [0.15, 0.2) is 11.4 Å². The van der Waals surface area contributed by atoms with Gasteiger partial charge in [0.05, 0.1) is 12.0 Å². The lowest BCUT2D eigenvalue weighted by Gasteiger charge is -2.03. The van der Waals surface area contributed by atoms with Crippen molar-refractivity contribution in [3.8, 4) is 16.9 Å². The molecule has 0 spiro atoms. The first-order valence-corrected chi connectivity index (χ1v) is 9.06. The zero-order valence-electron chi connectivity index (χ0n) is 15.9. The molecule has 1 aliphatic heterocycles. The molecule has 4 rings (SSSR count). The summed E-state index contributed by atoms with van der Waals surface area (Å²) in [5, 5.41) is 11.2. The second kappa shape index (κ2) is 8.00. The summed E-state index contributed by atoms with van der Waals surface area (Å²) in [6.45, 7) is 0. The maximum atomic E-state index is 12.2. The number of carbonyl (C=O) groups is 1. The van der Waals surface area contributed by atoms with Gasteiger partial charge in [-0.2, -0.15) is 0 Å². The fourth-order valence-electron chi connectivity index (χ4n) is 3.07. The van der Waals surface area contributed by atoms with Crippen LogP contribution in [0.2, 0.25) is 0 Å². The van der Waals surface area contributed by atoms with Crippen molar-refractivity contribution in [1.29, 1.82) is 0 Å². The van der Waals surface area contributed by atoms with Gasteiger partial charge in [-0.05, 0) is 41.0 Å². The van der Waals surface area contributed by atoms with Crippen LogP contribution < -0.4 is 4.74 Å². The largest absolute Gasteiger partial charge is 0.490 e. The Labute approximate surface area is 172 Å². The minimum absolute atomic E-state index is 0.0663. The quantitative estimate of drug-likeness (QED) is 0.270. The minimum atomic E-state index is -0.615. The summed E-state index contributed by atoms with van der Waals surface area (Å²) in [6, 6.07) is 21.8. The number of nitro benzene ring substituents is 1. The van der Waals surface area contributed by atoms with Gasteiger partial charge in [-0.1, -0.05) is 48.5 Å². The number of rotatable bonds is 5. The molecule has 0 saturated heterocycles. The Morgan fingerprint density at radius 3 is 2.30 bits per heavy atom. The monoisotopic (exact) mass is 400 g/mol. The van der Waals surface area contributed by atoms with Gasteiger partial charge in [0.2, 0.25) is 5.90 Å². The molecule has 0 amide bonds. The Morgan fingerprint density at radius 2 is 1.63 bits per heavy atom. The van der Waals surface area contributed by atoms with Gasteiger partial charge in [-0.15, -0.1) is 0 Å². The first-order valence-electron chi connectivity index (χ1n) is 9.06. The van der Waals surface area contributed by atoms with Crippen LogP contribution in [0.5, 0.6) is 5.75 Å². The highest BCUT2D eigenvalue weighted by Crippen LogP contribution is 2.29. The average molecular weight is 400 g/mol. The number of nitro groups is 1. The van der Waals surface area contributed by atoms with E-state index in [2.05, 4.69) is 4.99 Å². The first kappa shape index (κ1) is 19.1. The van der Waals surface area contributed by atoms with Crippen LogP contribution in [0.25, 0.3) is 17.2 Å². The van der Waals surface area contributed by atoms with Crippen LogP contribution >= 0.6 is 0 Å². The summed E-state index contributed by atoms with van der Waals surface area (Å²) in [4.78, 5) is 27.1. The molecule has 3 aromatic carbocycles. The Bertz CT molecular complexity index is 1180. The van der Waals surface area contributed by atoms with E-state index in [1.807, 2.05) is 54.6 Å². The third kappa shape index (κ3) is 3.81. The lowest BCUT2D eigenvalue weighted by atomic mass is 10.0. The van der Waals surface area contributed by atoms with Gasteiger partial charge in [0.25, 0.3) is 0 Å². The number of esters is 1. The smallest absolute Gasteiger partial charge is 0.363 e. The maximum Gasteiger partial charge on any atom is 0.363 e. The summed E-state index contributed by atoms with van der Waals surface area (Å²) in [7, 11) is 1.36. The SMILES string of the molecule is COc1ccc(/C=C2\N=C(c3ccc(-c4ccccc4)cc3)OC2=O)cc1[N+](=O)[O-]. The van der Waals surface area contributed by atoms with Crippen LogP contribution in [-0.2, 0) is 9.53 Å². The molecule has 0 bridgehead atoms. The van der Waals surface area contributed by atoms with Crippen LogP contribution in [0.4, 0.5) is 5.69 Å². The highest BCUT2D eigenvalue weighted by atomic mass is 16.6. The van der Waals surface area contributed by atoms with Crippen molar-refractivity contribution < 1.29 is 19.2 Å². The van der Waals surface area contributed by atoms with Crippen molar-refractivity contribution in [3.05, 3.63) is 99.7 Å². The predicted octanol–water partition coefficient (Wildman–Crippen LogP) is 4.61. The molecule has 0 radical (unpaired) electrons. The fourth-order valence-corrected chi connectivity index (χ4v) is 3.07. The molecule has 7 heteroatoms. The normalized spacial score (nSPS) is 14.4. The van der Waals surface area contributed by atoms with Gasteiger partial charge < -0.3 is 9.47 Å². The lowest BCUT2D eigenvalue weighted by molar-refractivity contribution is -0.385. The molecule has 0 saturated carbocycles. The molecule has 0 aliphatic carbocycles. The zero-order valence-corrected chi connectivity index (χ0v) is 15.9. The van der Waals surface area contributed by atoms with Gasteiger partial charge in [-0.25, -0.2) is 9.79 Å². The van der Waals surface area contributed by atoms with Gasteiger partial charge in [0, 0.05) is 11.6 Å². The first-order chi connectivity index (χ1) is 14.5. The van der Waals surface area contributed by atoms with E-state index >= 15 is 0 Å². The lowest BCUT2D eigenvalue weighted by Crippen LogP contribution is -2.05. The van der Waals surface area contributed by atoms with Gasteiger partial charge >= 0.3 is 11.7 Å². The van der Waals surface area contributed by atoms with Crippen LogP contribution in [0.15, 0.2) is 83.5 Å². The molecule has 1 heterocycles. The van der Waals surface area contributed by atoms with E-state index in [9.17, 15) is 14.9 Å². The molecular weight excluding hydrogens is 384 g/mol. The van der Waals surface area contributed by atoms with Gasteiger partial charge in [0.1, 0.15) is 0 Å². The Hall–Kier alpha value is -4.26. The predicted molar refractivity (Wildman–Crippen MR) is 112 cm³/mol. The number of hydrogen-bond acceptors (Lipinski definition) is 6. The molecule has 7 nitrogen and oxygen atoms in total. The summed E-state index contributed by atoms with van der Waals surface area (Å²) in [6.07, 6.45) is 1.44. The van der Waals surface area contributed by atoms with Crippen LogP contribution in [-0.4, -0.2) is 23.9 Å². The Morgan fingerprint density at radius 1 is 0.967 bits per heavy atom. The van der Waals surface area contributed by atoms with E-state index < -0.39 is 10.9 Å². The number of cyclic esters (lactones) is 1. The Kier molecular flexibility index (Phi) is 5.09. The van der Waals surface area contributed by atoms with Crippen molar-refractivity contribution in [3.63, 3.8) is 0 Å². The summed E-state index contributed by atoms with van der Waals surface area (Å²) >= 11 is 0. The number of nitrogens with zero attached hydrogens (tertiary/aromatic N) is 2. The van der Waals surface area contributed by atoms with E-state index in [0.29, 0.717) is 11.1 Å². The van der Waals surface area contributed by atoms with Crippen LogP contribution in [0, 0.1) is 10.1 Å². The number of aliphatic imine (C=N–C) groups is 1.